The maximum atomic E-state index is 12.7. The quantitative estimate of drug-likeness (QED) is 0.0629. The van der Waals surface area contributed by atoms with Crippen LogP contribution in [0.3, 0.4) is 0 Å². The van der Waals surface area contributed by atoms with Crippen LogP contribution in [0.2, 0.25) is 0 Å². The molecule has 3 aliphatic rings. The highest BCUT2D eigenvalue weighted by molar-refractivity contribution is 5.91. The number of carbonyl (C=O) groups is 2. The molecule has 15 heteroatoms. The van der Waals surface area contributed by atoms with Crippen molar-refractivity contribution in [2.24, 2.45) is 17.8 Å². The molecule has 0 spiro atoms. The maximum Gasteiger partial charge on any atom is 0.340 e. The monoisotopic (exact) mass is 603 g/mol. The third kappa shape index (κ3) is 7.02. The van der Waals surface area contributed by atoms with Crippen LogP contribution in [0.15, 0.2) is 36.6 Å². The van der Waals surface area contributed by atoms with Crippen molar-refractivity contribution >= 4 is 11.9 Å². The minimum absolute atomic E-state index is 0.0493. The summed E-state index contributed by atoms with van der Waals surface area (Å²) in [7, 11) is 1.10. The standard InChI is InChI=1S/C27H41NO14/c1-4-17-24(42-25-21(39-5-2)27(36,37)20(31)19(13-30)41-25)40-14-18(23(34)38-3)26(17,35)7-6-15-10-16(22(32)33)12-28(11-15)8-9-29/h4,6-7,14-17,19-21,24-25,29-31,35-37H,1,5,8-13H2,2-3H3,(H,32,33). The highest BCUT2D eigenvalue weighted by Gasteiger charge is 2.58. The van der Waals surface area contributed by atoms with Gasteiger partial charge in [-0.3, -0.25) is 0 Å². The molecule has 7 N–H and O–H groups in total. The summed E-state index contributed by atoms with van der Waals surface area (Å²) in [6.45, 7) is 5.31. The van der Waals surface area contributed by atoms with Gasteiger partial charge in [-0.15, -0.1) is 6.58 Å². The number of ether oxygens (including phenoxy) is 5. The zero-order valence-corrected chi connectivity index (χ0v) is 23.5. The number of esters is 1. The summed E-state index contributed by atoms with van der Waals surface area (Å²) in [4.78, 5) is 25.2. The minimum Gasteiger partial charge on any atom is -0.550 e. The van der Waals surface area contributed by atoms with Crippen molar-refractivity contribution in [1.29, 1.82) is 0 Å². The largest absolute Gasteiger partial charge is 0.550 e. The van der Waals surface area contributed by atoms with Crippen LogP contribution >= 0.6 is 0 Å². The lowest BCUT2D eigenvalue weighted by Gasteiger charge is -2.48. The number of aliphatic hydroxyl groups excluding tert-OH is 3. The molecule has 3 aliphatic heterocycles. The predicted molar refractivity (Wildman–Crippen MR) is 137 cm³/mol. The summed E-state index contributed by atoms with van der Waals surface area (Å²) in [5.74, 6) is -7.52. The van der Waals surface area contributed by atoms with Crippen molar-refractivity contribution < 1.29 is 73.9 Å². The molecule has 0 radical (unpaired) electrons. The van der Waals surface area contributed by atoms with Crippen LogP contribution in [0.1, 0.15) is 13.3 Å². The van der Waals surface area contributed by atoms with Gasteiger partial charge in [0.2, 0.25) is 12.1 Å². The van der Waals surface area contributed by atoms with Gasteiger partial charge in [0.15, 0.2) is 12.4 Å². The number of aliphatic hydroxyl groups is 6. The second-order valence-corrected chi connectivity index (χ2v) is 10.6. The number of quaternary nitrogens is 1. The van der Waals surface area contributed by atoms with Crippen LogP contribution < -0.4 is 10.0 Å². The zero-order valence-electron chi connectivity index (χ0n) is 23.5. The minimum atomic E-state index is -2.91. The van der Waals surface area contributed by atoms with Crippen molar-refractivity contribution in [1.82, 2.24) is 0 Å². The predicted octanol–water partition coefficient (Wildman–Crippen LogP) is -5.07. The van der Waals surface area contributed by atoms with E-state index in [9.17, 15) is 45.3 Å². The first-order chi connectivity index (χ1) is 19.9. The average Bonchev–Trinajstić information content (AvgIpc) is 2.95. The van der Waals surface area contributed by atoms with Crippen molar-refractivity contribution in [3.63, 3.8) is 0 Å². The van der Waals surface area contributed by atoms with E-state index in [2.05, 4.69) is 6.58 Å². The van der Waals surface area contributed by atoms with Gasteiger partial charge in [-0.1, -0.05) is 18.2 Å². The van der Waals surface area contributed by atoms with Crippen LogP contribution in [0.25, 0.3) is 0 Å². The van der Waals surface area contributed by atoms with E-state index in [-0.39, 0.29) is 37.7 Å². The lowest BCUT2D eigenvalue weighted by atomic mass is 9.77. The van der Waals surface area contributed by atoms with Crippen molar-refractivity contribution in [2.75, 3.05) is 46.6 Å². The molecule has 0 aliphatic carbocycles. The fourth-order valence-corrected chi connectivity index (χ4v) is 5.66. The molecule has 2 fully saturated rings. The molecule has 0 saturated carbocycles. The van der Waals surface area contributed by atoms with Gasteiger partial charge in [0.25, 0.3) is 0 Å². The Morgan fingerprint density at radius 3 is 2.52 bits per heavy atom. The van der Waals surface area contributed by atoms with Crippen molar-refractivity contribution in [3.8, 4) is 0 Å². The average molecular weight is 604 g/mol. The molecule has 0 aromatic carbocycles. The molecule has 0 bridgehead atoms. The molecule has 2 saturated heterocycles. The van der Waals surface area contributed by atoms with E-state index in [1.54, 1.807) is 13.0 Å². The summed E-state index contributed by atoms with van der Waals surface area (Å²) in [5, 5.41) is 74.1. The Labute approximate surface area is 242 Å². The van der Waals surface area contributed by atoms with Gasteiger partial charge in [0.05, 0.1) is 45.3 Å². The van der Waals surface area contributed by atoms with Gasteiger partial charge >= 0.3 is 5.97 Å². The second kappa shape index (κ2) is 14.4. The SMILES string of the molecule is C=CC1C(OC2OC(CO)C(O)C(O)(O)C2OCC)OC=C(C(=O)OC)C1(O)C=CC1CC(C(=O)[O-])C[NH+](CCO)C1. The first kappa shape index (κ1) is 34.1. The lowest BCUT2D eigenvalue weighted by molar-refractivity contribution is -0.911. The second-order valence-electron chi connectivity index (χ2n) is 10.6. The number of methoxy groups -OCH3 is 1. The van der Waals surface area contributed by atoms with Gasteiger partial charge in [0, 0.05) is 18.4 Å². The smallest absolute Gasteiger partial charge is 0.340 e. The van der Waals surface area contributed by atoms with Crippen molar-refractivity contribution in [3.05, 3.63) is 36.6 Å². The molecule has 0 amide bonds. The third-order valence-corrected chi connectivity index (χ3v) is 7.86. The highest BCUT2D eigenvalue weighted by Crippen LogP contribution is 2.40. The number of carboxylic acid groups (broad SMARTS) is 1. The number of rotatable bonds is 12. The van der Waals surface area contributed by atoms with Crippen LogP contribution in [0.5, 0.6) is 0 Å². The first-order valence-corrected chi connectivity index (χ1v) is 13.7. The summed E-state index contributed by atoms with van der Waals surface area (Å²) >= 11 is 0. The number of nitrogens with one attached hydrogen (secondary N) is 1. The number of hydrogen-bond acceptors (Lipinski definition) is 14. The summed E-state index contributed by atoms with van der Waals surface area (Å²) < 4.78 is 27.2. The van der Waals surface area contributed by atoms with Gasteiger partial charge in [-0.25, -0.2) is 4.79 Å². The Kier molecular flexibility index (Phi) is 11.6. The van der Waals surface area contributed by atoms with E-state index in [1.165, 1.54) is 12.2 Å². The van der Waals surface area contributed by atoms with Gasteiger partial charge < -0.3 is 69.1 Å². The topological polar surface area (TPSA) is 229 Å². The van der Waals surface area contributed by atoms with E-state index >= 15 is 0 Å². The van der Waals surface area contributed by atoms with Gasteiger partial charge in [-0.2, -0.15) is 0 Å². The Bertz CT molecular complexity index is 1020. The molecule has 3 heterocycles. The van der Waals surface area contributed by atoms with E-state index in [0.717, 1.165) is 18.3 Å². The third-order valence-electron chi connectivity index (χ3n) is 7.86. The number of carbonyl (C=O) groups excluding carboxylic acids is 2. The van der Waals surface area contributed by atoms with Crippen LogP contribution in [-0.4, -0.2) is 131 Å². The number of piperidine rings is 1. The fourth-order valence-electron chi connectivity index (χ4n) is 5.66. The Balaban J connectivity index is 1.95. The van der Waals surface area contributed by atoms with Crippen LogP contribution in [0.4, 0.5) is 0 Å². The van der Waals surface area contributed by atoms with Crippen LogP contribution in [-0.2, 0) is 33.3 Å². The highest BCUT2D eigenvalue weighted by atomic mass is 16.8. The molecule has 42 heavy (non-hydrogen) atoms. The van der Waals surface area contributed by atoms with E-state index in [0.29, 0.717) is 13.1 Å². The molecule has 0 aromatic heterocycles. The summed E-state index contributed by atoms with van der Waals surface area (Å²) in [6.07, 6.45) is -3.06. The van der Waals surface area contributed by atoms with Gasteiger partial charge in [-0.05, 0) is 13.3 Å². The Morgan fingerprint density at radius 1 is 1.24 bits per heavy atom. The van der Waals surface area contributed by atoms with Gasteiger partial charge in [0.1, 0.15) is 36.2 Å². The first-order valence-electron chi connectivity index (χ1n) is 13.7. The normalized spacial score (nSPS) is 38.4. The molecule has 10 atom stereocenters. The molecular weight excluding hydrogens is 562 g/mol. The molecule has 15 nitrogen and oxygen atoms in total. The molecule has 0 aromatic rings. The van der Waals surface area contributed by atoms with E-state index < -0.39 is 72.7 Å². The summed E-state index contributed by atoms with van der Waals surface area (Å²) in [5.41, 5.74) is -2.50. The van der Waals surface area contributed by atoms with E-state index in [1.807, 2.05) is 0 Å². The molecule has 3 rings (SSSR count). The number of carboxylic acids is 1. The number of likely N-dealkylation sites (tertiary alicyclic amines) is 1. The number of aliphatic carboxylic acids is 1. The molecular formula is C27H41NO14. The van der Waals surface area contributed by atoms with Crippen molar-refractivity contribution in [2.45, 2.75) is 55.6 Å². The Morgan fingerprint density at radius 2 is 1.95 bits per heavy atom. The van der Waals surface area contributed by atoms with E-state index in [4.69, 9.17) is 23.7 Å². The Hall–Kier alpha value is -2.44. The molecule has 238 valence electrons. The maximum absolute atomic E-state index is 12.7. The van der Waals surface area contributed by atoms with Crippen LogP contribution in [0, 0.1) is 17.8 Å². The lowest BCUT2D eigenvalue weighted by Crippen LogP contribution is -3.15. The number of hydrogen-bond donors (Lipinski definition) is 7. The summed E-state index contributed by atoms with van der Waals surface area (Å²) in [6, 6.07) is 0. The molecule has 10 unspecified atom stereocenters. The fraction of sp³-hybridized carbons (Fsp3) is 0.704. The zero-order chi connectivity index (χ0) is 31.2.